The Labute approximate surface area is 127 Å². The molecule has 2 rings (SSSR count). The van der Waals surface area contributed by atoms with E-state index in [9.17, 15) is 0 Å². The highest BCUT2D eigenvalue weighted by Gasteiger charge is 2.28. The van der Waals surface area contributed by atoms with Crippen molar-refractivity contribution in [3.63, 3.8) is 0 Å². The Bertz CT molecular complexity index is 327. The zero-order valence-electron chi connectivity index (χ0n) is 13.2. The second kappa shape index (κ2) is 7.55. The van der Waals surface area contributed by atoms with Crippen LogP contribution in [0.1, 0.15) is 33.6 Å². The molecule has 2 aliphatic rings. The largest absolute Gasteiger partial charge is 0.381 e. The van der Waals surface area contributed by atoms with Crippen LogP contribution in [0.25, 0.3) is 0 Å². The molecule has 0 bridgehead atoms. The Hall–Kier alpha value is -0.420. The minimum absolute atomic E-state index is 0.327. The van der Waals surface area contributed by atoms with E-state index in [-0.39, 0.29) is 0 Å². The van der Waals surface area contributed by atoms with E-state index < -0.39 is 0 Å². The van der Waals surface area contributed by atoms with Gasteiger partial charge in [0.05, 0.1) is 0 Å². The van der Waals surface area contributed by atoms with Gasteiger partial charge in [-0.3, -0.25) is 4.99 Å². The monoisotopic (exact) mass is 299 g/mol. The highest BCUT2D eigenvalue weighted by atomic mass is 32.2. The molecular weight excluding hydrogens is 270 g/mol. The molecule has 2 heterocycles. The maximum absolute atomic E-state index is 5.42. The van der Waals surface area contributed by atoms with E-state index in [0.717, 1.165) is 58.2 Å². The fourth-order valence-corrected chi connectivity index (χ4v) is 3.88. The number of nitrogens with one attached hydrogen (secondary N) is 1. The molecular formula is C15H29N3OS. The summed E-state index contributed by atoms with van der Waals surface area (Å²) in [6.07, 6.45) is 2.31. The predicted octanol–water partition coefficient (Wildman–Crippen LogP) is 2.21. The quantitative estimate of drug-likeness (QED) is 0.640. The fraction of sp³-hybridized carbons (Fsp3) is 0.933. The molecule has 4 nitrogen and oxygen atoms in total. The number of hydrogen-bond donors (Lipinski definition) is 1. The lowest BCUT2D eigenvalue weighted by Crippen LogP contribution is -2.51. The number of ether oxygens (including phenoxy) is 1. The predicted molar refractivity (Wildman–Crippen MR) is 87.6 cm³/mol. The van der Waals surface area contributed by atoms with Crippen molar-refractivity contribution < 1.29 is 4.74 Å². The molecule has 0 unspecified atom stereocenters. The standard InChI is InChI=1S/C15H29N3OS/c1-4-16-14(17-11-13-5-8-19-9-6-13)18-7-10-20-15(2,3)12-18/h13H,4-12H2,1-3H3,(H,16,17). The second-order valence-electron chi connectivity index (χ2n) is 6.28. The number of hydrogen-bond acceptors (Lipinski definition) is 3. The zero-order valence-corrected chi connectivity index (χ0v) is 14.0. The topological polar surface area (TPSA) is 36.9 Å². The SMILES string of the molecule is CCNC(=NCC1CCOCC1)N1CCSC(C)(C)C1. The van der Waals surface area contributed by atoms with Gasteiger partial charge in [0.25, 0.3) is 0 Å². The van der Waals surface area contributed by atoms with Crippen molar-refractivity contribution in [1.29, 1.82) is 0 Å². The number of guanidine groups is 1. The molecule has 1 N–H and O–H groups in total. The Kier molecular flexibility index (Phi) is 6.02. The van der Waals surface area contributed by atoms with Gasteiger partial charge in [-0.1, -0.05) is 0 Å². The normalized spacial score (nSPS) is 24.8. The molecule has 116 valence electrons. The fourth-order valence-electron chi connectivity index (χ4n) is 2.77. The van der Waals surface area contributed by atoms with Crippen LogP contribution in [-0.2, 0) is 4.74 Å². The van der Waals surface area contributed by atoms with E-state index >= 15 is 0 Å². The van der Waals surface area contributed by atoms with E-state index in [4.69, 9.17) is 9.73 Å². The van der Waals surface area contributed by atoms with Gasteiger partial charge in [-0.25, -0.2) is 0 Å². The van der Waals surface area contributed by atoms with Crippen molar-refractivity contribution in [1.82, 2.24) is 10.2 Å². The van der Waals surface area contributed by atoms with Crippen LogP contribution < -0.4 is 5.32 Å². The van der Waals surface area contributed by atoms with Gasteiger partial charge >= 0.3 is 0 Å². The molecule has 0 spiro atoms. The van der Waals surface area contributed by atoms with Crippen LogP contribution in [0.5, 0.6) is 0 Å². The first-order valence-electron chi connectivity index (χ1n) is 7.86. The minimum atomic E-state index is 0.327. The lowest BCUT2D eigenvalue weighted by molar-refractivity contribution is 0.0688. The molecule has 5 heteroatoms. The van der Waals surface area contributed by atoms with Crippen LogP contribution in [0.4, 0.5) is 0 Å². The second-order valence-corrected chi connectivity index (χ2v) is 8.08. The molecule has 0 aromatic rings. The Morgan fingerprint density at radius 2 is 2.15 bits per heavy atom. The molecule has 0 radical (unpaired) electrons. The van der Waals surface area contributed by atoms with Gasteiger partial charge < -0.3 is 15.0 Å². The van der Waals surface area contributed by atoms with Crippen LogP contribution in [0.3, 0.4) is 0 Å². The van der Waals surface area contributed by atoms with E-state index in [0.29, 0.717) is 10.7 Å². The maximum atomic E-state index is 5.42. The zero-order chi connectivity index (χ0) is 14.4. The average molecular weight is 299 g/mol. The van der Waals surface area contributed by atoms with Crippen molar-refractivity contribution in [3.8, 4) is 0 Å². The van der Waals surface area contributed by atoms with Gasteiger partial charge in [0.1, 0.15) is 0 Å². The minimum Gasteiger partial charge on any atom is -0.381 e. The summed E-state index contributed by atoms with van der Waals surface area (Å²) in [6.45, 7) is 12.7. The van der Waals surface area contributed by atoms with Crippen LogP contribution >= 0.6 is 11.8 Å². The Morgan fingerprint density at radius 1 is 1.40 bits per heavy atom. The Morgan fingerprint density at radius 3 is 2.80 bits per heavy atom. The molecule has 2 fully saturated rings. The van der Waals surface area contributed by atoms with Crippen molar-refractivity contribution in [3.05, 3.63) is 0 Å². The molecule has 0 saturated carbocycles. The summed E-state index contributed by atoms with van der Waals surface area (Å²) in [7, 11) is 0. The van der Waals surface area contributed by atoms with Crippen LogP contribution in [-0.4, -0.2) is 60.8 Å². The number of rotatable bonds is 3. The highest BCUT2D eigenvalue weighted by molar-refractivity contribution is 8.00. The summed E-state index contributed by atoms with van der Waals surface area (Å²) in [6, 6.07) is 0. The van der Waals surface area contributed by atoms with Gasteiger partial charge in [-0.2, -0.15) is 11.8 Å². The van der Waals surface area contributed by atoms with E-state index in [1.54, 1.807) is 0 Å². The van der Waals surface area contributed by atoms with Crippen molar-refractivity contribution in [2.45, 2.75) is 38.4 Å². The van der Waals surface area contributed by atoms with E-state index in [2.05, 4.69) is 42.7 Å². The first kappa shape index (κ1) is 16.0. The number of nitrogens with zero attached hydrogens (tertiary/aromatic N) is 2. The lowest BCUT2D eigenvalue weighted by atomic mass is 10.0. The van der Waals surface area contributed by atoms with Gasteiger partial charge in [-0.05, 0) is 39.5 Å². The van der Waals surface area contributed by atoms with Gasteiger partial charge in [0, 0.05) is 49.9 Å². The summed E-state index contributed by atoms with van der Waals surface area (Å²) in [5.41, 5.74) is 0. The molecule has 0 atom stereocenters. The summed E-state index contributed by atoms with van der Waals surface area (Å²) < 4.78 is 5.75. The molecule has 0 aliphatic carbocycles. The average Bonchev–Trinajstić information content (AvgIpc) is 2.43. The molecule has 0 aromatic carbocycles. The highest BCUT2D eigenvalue weighted by Crippen LogP contribution is 2.29. The van der Waals surface area contributed by atoms with Crippen LogP contribution in [0, 0.1) is 5.92 Å². The summed E-state index contributed by atoms with van der Waals surface area (Å²) in [5, 5.41) is 3.47. The van der Waals surface area contributed by atoms with Gasteiger partial charge in [-0.15, -0.1) is 0 Å². The van der Waals surface area contributed by atoms with Crippen molar-refractivity contribution >= 4 is 17.7 Å². The molecule has 20 heavy (non-hydrogen) atoms. The lowest BCUT2D eigenvalue weighted by Gasteiger charge is -2.39. The number of aliphatic imine (C=N–C) groups is 1. The van der Waals surface area contributed by atoms with E-state index in [1.807, 2.05) is 0 Å². The van der Waals surface area contributed by atoms with Crippen molar-refractivity contribution in [2.75, 3.05) is 45.1 Å². The first-order chi connectivity index (χ1) is 9.61. The van der Waals surface area contributed by atoms with Crippen LogP contribution in [0.2, 0.25) is 0 Å². The molecule has 0 aromatic heterocycles. The molecule has 0 amide bonds. The maximum Gasteiger partial charge on any atom is 0.193 e. The van der Waals surface area contributed by atoms with Gasteiger partial charge in [0.2, 0.25) is 0 Å². The third-order valence-corrected chi connectivity index (χ3v) is 5.20. The van der Waals surface area contributed by atoms with Gasteiger partial charge in [0.15, 0.2) is 5.96 Å². The first-order valence-corrected chi connectivity index (χ1v) is 8.84. The molecule has 2 aliphatic heterocycles. The smallest absolute Gasteiger partial charge is 0.193 e. The molecule has 2 saturated heterocycles. The van der Waals surface area contributed by atoms with E-state index in [1.165, 1.54) is 5.75 Å². The Balaban J connectivity index is 1.94. The summed E-state index contributed by atoms with van der Waals surface area (Å²) >= 11 is 2.06. The summed E-state index contributed by atoms with van der Waals surface area (Å²) in [5.74, 6) is 2.99. The number of thioether (sulfide) groups is 1. The van der Waals surface area contributed by atoms with Crippen LogP contribution in [0.15, 0.2) is 4.99 Å². The van der Waals surface area contributed by atoms with Crippen molar-refractivity contribution in [2.24, 2.45) is 10.9 Å². The third kappa shape index (κ3) is 4.85. The third-order valence-electron chi connectivity index (χ3n) is 3.90. The summed E-state index contributed by atoms with van der Waals surface area (Å²) in [4.78, 5) is 7.32.